The van der Waals surface area contributed by atoms with Gasteiger partial charge in [-0.2, -0.15) is 5.10 Å². The van der Waals surface area contributed by atoms with Gasteiger partial charge < -0.3 is 10.2 Å². The molecule has 0 saturated carbocycles. The Hall–Kier alpha value is -3.74. The van der Waals surface area contributed by atoms with Crippen molar-refractivity contribution in [2.75, 3.05) is 16.8 Å². The summed E-state index contributed by atoms with van der Waals surface area (Å²) < 4.78 is 1.15. The summed E-state index contributed by atoms with van der Waals surface area (Å²) in [5.41, 5.74) is 3.99. The molecule has 1 aliphatic rings. The Labute approximate surface area is 186 Å². The van der Waals surface area contributed by atoms with Crippen LogP contribution in [0.25, 0.3) is 11.3 Å². The number of fused-ring (bicyclic) bond motifs is 1. The standard InChI is InChI=1S/C25H26N4O3/c1-16(2)24(31)26-21-14-20(18-10-8-17(3)9-11-18)27-29(25(21)32)15-23(30)28-13-12-19-6-4-5-7-22(19)28/h4-11,14,16H,12-13,15H2,1-3H3,(H,26,31). The maximum absolute atomic E-state index is 13.1. The zero-order chi connectivity index (χ0) is 22.8. The van der Waals surface area contributed by atoms with Gasteiger partial charge in [0.15, 0.2) is 0 Å². The van der Waals surface area contributed by atoms with Gasteiger partial charge in [-0.1, -0.05) is 61.9 Å². The van der Waals surface area contributed by atoms with Crippen molar-refractivity contribution in [2.45, 2.75) is 33.7 Å². The first-order chi connectivity index (χ1) is 15.3. The molecule has 0 fully saturated rings. The van der Waals surface area contributed by atoms with Crippen molar-refractivity contribution in [1.29, 1.82) is 0 Å². The topological polar surface area (TPSA) is 84.3 Å². The van der Waals surface area contributed by atoms with Crippen LogP contribution in [-0.2, 0) is 22.6 Å². The van der Waals surface area contributed by atoms with Gasteiger partial charge in [-0.05, 0) is 31.0 Å². The molecule has 0 atom stereocenters. The number of aromatic nitrogens is 2. The number of rotatable bonds is 5. The zero-order valence-corrected chi connectivity index (χ0v) is 18.5. The van der Waals surface area contributed by atoms with Gasteiger partial charge in [-0.25, -0.2) is 4.68 Å². The summed E-state index contributed by atoms with van der Waals surface area (Å²) in [5, 5.41) is 7.15. The molecule has 1 N–H and O–H groups in total. The third kappa shape index (κ3) is 4.32. The molecular weight excluding hydrogens is 404 g/mol. The van der Waals surface area contributed by atoms with E-state index in [-0.39, 0.29) is 30.0 Å². The lowest BCUT2D eigenvalue weighted by molar-refractivity contribution is -0.119. The number of para-hydroxylation sites is 1. The van der Waals surface area contributed by atoms with Crippen LogP contribution < -0.4 is 15.8 Å². The number of hydrogen-bond acceptors (Lipinski definition) is 4. The number of aryl methyl sites for hydroxylation is 1. The third-order valence-electron chi connectivity index (χ3n) is 5.58. The van der Waals surface area contributed by atoms with E-state index in [0.717, 1.165) is 33.5 Å². The number of carbonyl (C=O) groups excluding carboxylic acids is 2. The van der Waals surface area contributed by atoms with Crippen LogP contribution in [0.1, 0.15) is 25.0 Å². The third-order valence-corrected chi connectivity index (χ3v) is 5.58. The van der Waals surface area contributed by atoms with E-state index >= 15 is 0 Å². The summed E-state index contributed by atoms with van der Waals surface area (Å²) >= 11 is 0. The molecule has 0 bridgehead atoms. The second-order valence-corrected chi connectivity index (χ2v) is 8.34. The molecule has 0 aliphatic carbocycles. The number of nitrogens with zero attached hydrogens (tertiary/aromatic N) is 3. The van der Waals surface area contributed by atoms with Crippen molar-refractivity contribution in [1.82, 2.24) is 9.78 Å². The normalized spacial score (nSPS) is 12.7. The number of nitrogens with one attached hydrogen (secondary N) is 1. The summed E-state index contributed by atoms with van der Waals surface area (Å²) in [6.07, 6.45) is 0.781. The monoisotopic (exact) mass is 430 g/mol. The fraction of sp³-hybridized carbons (Fsp3) is 0.280. The van der Waals surface area contributed by atoms with Crippen molar-refractivity contribution in [3.8, 4) is 11.3 Å². The van der Waals surface area contributed by atoms with Gasteiger partial charge in [0, 0.05) is 23.7 Å². The van der Waals surface area contributed by atoms with Gasteiger partial charge in [0.1, 0.15) is 12.2 Å². The highest BCUT2D eigenvalue weighted by Gasteiger charge is 2.25. The second kappa shape index (κ2) is 8.78. The van der Waals surface area contributed by atoms with Crippen LogP contribution >= 0.6 is 0 Å². The fourth-order valence-corrected chi connectivity index (χ4v) is 3.69. The quantitative estimate of drug-likeness (QED) is 0.672. The van der Waals surface area contributed by atoms with Crippen molar-refractivity contribution < 1.29 is 9.59 Å². The molecule has 1 aromatic heterocycles. The first kappa shape index (κ1) is 21.5. The second-order valence-electron chi connectivity index (χ2n) is 8.34. The average Bonchev–Trinajstić information content (AvgIpc) is 3.21. The Morgan fingerprint density at radius 2 is 1.81 bits per heavy atom. The van der Waals surface area contributed by atoms with Crippen molar-refractivity contribution >= 4 is 23.2 Å². The molecule has 3 aromatic rings. The van der Waals surface area contributed by atoms with Crippen LogP contribution in [0.3, 0.4) is 0 Å². The molecule has 4 rings (SSSR count). The number of amides is 2. The Kier molecular flexibility index (Phi) is 5.90. The van der Waals surface area contributed by atoms with E-state index in [2.05, 4.69) is 10.4 Å². The lowest BCUT2D eigenvalue weighted by Crippen LogP contribution is -2.37. The van der Waals surface area contributed by atoms with Crippen LogP contribution in [0.2, 0.25) is 0 Å². The van der Waals surface area contributed by atoms with Gasteiger partial charge >= 0.3 is 0 Å². The van der Waals surface area contributed by atoms with Crippen LogP contribution in [0.4, 0.5) is 11.4 Å². The van der Waals surface area contributed by atoms with Crippen molar-refractivity contribution in [3.05, 3.63) is 76.1 Å². The minimum Gasteiger partial charge on any atom is -0.321 e. The Bertz CT molecular complexity index is 1230. The Morgan fingerprint density at radius 1 is 1.09 bits per heavy atom. The van der Waals surface area contributed by atoms with Gasteiger partial charge in [0.2, 0.25) is 11.8 Å². The van der Waals surface area contributed by atoms with Gasteiger partial charge in [-0.15, -0.1) is 0 Å². The number of hydrogen-bond donors (Lipinski definition) is 1. The Balaban J connectivity index is 1.71. The number of benzene rings is 2. The van der Waals surface area contributed by atoms with E-state index < -0.39 is 5.56 Å². The smallest absolute Gasteiger partial charge is 0.291 e. The van der Waals surface area contributed by atoms with Crippen molar-refractivity contribution in [3.63, 3.8) is 0 Å². The van der Waals surface area contributed by atoms with Crippen LogP contribution in [0.15, 0.2) is 59.4 Å². The summed E-state index contributed by atoms with van der Waals surface area (Å²) in [6, 6.07) is 17.0. The molecule has 32 heavy (non-hydrogen) atoms. The molecule has 2 amide bonds. The SMILES string of the molecule is Cc1ccc(-c2cc(NC(=O)C(C)C)c(=O)n(CC(=O)N3CCc4ccccc43)n2)cc1. The minimum atomic E-state index is -0.504. The summed E-state index contributed by atoms with van der Waals surface area (Å²) in [6.45, 7) is 5.85. The van der Waals surface area contributed by atoms with E-state index in [1.807, 2.05) is 55.5 Å². The highest BCUT2D eigenvalue weighted by Crippen LogP contribution is 2.27. The molecule has 1 aliphatic heterocycles. The molecular formula is C25H26N4O3. The fourth-order valence-electron chi connectivity index (χ4n) is 3.69. The predicted octanol–water partition coefficient (Wildman–Crippen LogP) is 3.40. The highest BCUT2D eigenvalue weighted by atomic mass is 16.2. The molecule has 2 aromatic carbocycles. The van der Waals surface area contributed by atoms with E-state index in [1.54, 1.807) is 24.8 Å². The molecule has 0 unspecified atom stereocenters. The molecule has 2 heterocycles. The van der Waals surface area contributed by atoms with Gasteiger partial charge in [0.05, 0.1) is 5.69 Å². The molecule has 0 radical (unpaired) electrons. The lowest BCUT2D eigenvalue weighted by Gasteiger charge is -2.18. The largest absolute Gasteiger partial charge is 0.321 e. The summed E-state index contributed by atoms with van der Waals surface area (Å²) in [7, 11) is 0. The molecule has 0 spiro atoms. The van der Waals surface area contributed by atoms with Gasteiger partial charge in [-0.3, -0.25) is 14.4 Å². The van der Waals surface area contributed by atoms with Gasteiger partial charge in [0.25, 0.3) is 5.56 Å². The molecule has 0 saturated heterocycles. The number of anilines is 2. The predicted molar refractivity (Wildman–Crippen MR) is 125 cm³/mol. The van der Waals surface area contributed by atoms with Crippen molar-refractivity contribution in [2.24, 2.45) is 5.92 Å². The average molecular weight is 431 g/mol. The first-order valence-corrected chi connectivity index (χ1v) is 10.7. The van der Waals surface area contributed by atoms with Crippen LogP contribution in [0, 0.1) is 12.8 Å². The maximum atomic E-state index is 13.1. The molecule has 7 heteroatoms. The van der Waals surface area contributed by atoms with E-state index in [1.165, 1.54) is 0 Å². The summed E-state index contributed by atoms with van der Waals surface area (Å²) in [4.78, 5) is 40.1. The van der Waals surface area contributed by atoms with E-state index in [0.29, 0.717) is 12.2 Å². The Morgan fingerprint density at radius 3 is 2.53 bits per heavy atom. The van der Waals surface area contributed by atoms with E-state index in [4.69, 9.17) is 0 Å². The summed E-state index contributed by atoms with van der Waals surface area (Å²) in [5.74, 6) is -0.775. The number of carbonyl (C=O) groups is 2. The highest BCUT2D eigenvalue weighted by molar-refractivity contribution is 5.95. The molecule has 164 valence electrons. The van der Waals surface area contributed by atoms with E-state index in [9.17, 15) is 14.4 Å². The zero-order valence-electron chi connectivity index (χ0n) is 18.5. The maximum Gasteiger partial charge on any atom is 0.291 e. The van der Waals surface area contributed by atoms with Crippen LogP contribution in [-0.4, -0.2) is 28.1 Å². The minimum absolute atomic E-state index is 0.115. The lowest BCUT2D eigenvalue weighted by atomic mass is 10.1. The molecule has 7 nitrogen and oxygen atoms in total. The first-order valence-electron chi connectivity index (χ1n) is 10.7. The van der Waals surface area contributed by atoms with Crippen LogP contribution in [0.5, 0.6) is 0 Å².